The molecule has 0 fully saturated rings. The van der Waals surface area contributed by atoms with Gasteiger partial charge in [-0.2, -0.15) is 5.10 Å². The van der Waals surface area contributed by atoms with E-state index in [0.717, 1.165) is 30.5 Å². The molecule has 0 unspecified atom stereocenters. The molecule has 0 aromatic carbocycles. The molecule has 2 aromatic rings. The number of hydrogen-bond donors (Lipinski definition) is 1. The lowest BCUT2D eigenvalue weighted by molar-refractivity contribution is 0.682. The Kier molecular flexibility index (Phi) is 3.19. The number of aromatic nitrogens is 3. The quantitative estimate of drug-likeness (QED) is 0.844. The normalized spacial score (nSPS) is 10.6. The predicted octanol–water partition coefficient (Wildman–Crippen LogP) is 1.57. The monoisotopic (exact) mass is 216 g/mol. The van der Waals surface area contributed by atoms with Crippen LogP contribution in [0.25, 0.3) is 0 Å². The Balaban J connectivity index is 1.89. The summed E-state index contributed by atoms with van der Waals surface area (Å²) in [5.41, 5.74) is 9.07. The van der Waals surface area contributed by atoms with Crippen LogP contribution in [0.5, 0.6) is 0 Å². The van der Waals surface area contributed by atoms with Crippen LogP contribution in [0.4, 0.5) is 5.69 Å². The van der Waals surface area contributed by atoms with Gasteiger partial charge in [0, 0.05) is 37.0 Å². The summed E-state index contributed by atoms with van der Waals surface area (Å²) in [6, 6.07) is 3.89. The van der Waals surface area contributed by atoms with E-state index in [1.165, 1.54) is 5.69 Å². The average Bonchev–Trinajstić information content (AvgIpc) is 2.67. The molecule has 0 spiro atoms. The van der Waals surface area contributed by atoms with Crippen molar-refractivity contribution >= 4 is 5.69 Å². The summed E-state index contributed by atoms with van der Waals surface area (Å²) in [4.78, 5) is 4.08. The third-order valence-electron chi connectivity index (χ3n) is 2.74. The van der Waals surface area contributed by atoms with Crippen LogP contribution in [0, 0.1) is 0 Å². The lowest BCUT2D eigenvalue weighted by atomic mass is 10.1. The van der Waals surface area contributed by atoms with E-state index in [0.29, 0.717) is 0 Å². The fourth-order valence-electron chi connectivity index (χ4n) is 1.75. The fourth-order valence-corrected chi connectivity index (χ4v) is 1.75. The lowest BCUT2D eigenvalue weighted by Crippen LogP contribution is -2.00. The van der Waals surface area contributed by atoms with Gasteiger partial charge in [-0.15, -0.1) is 0 Å². The van der Waals surface area contributed by atoms with E-state index < -0.39 is 0 Å². The molecule has 2 aromatic heterocycles. The number of aryl methyl sites for hydroxylation is 3. The van der Waals surface area contributed by atoms with Crippen molar-refractivity contribution in [3.63, 3.8) is 0 Å². The molecule has 2 N–H and O–H groups in total. The van der Waals surface area contributed by atoms with Crippen LogP contribution < -0.4 is 5.73 Å². The van der Waals surface area contributed by atoms with Gasteiger partial charge in [0.25, 0.3) is 0 Å². The molecule has 16 heavy (non-hydrogen) atoms. The Morgan fingerprint density at radius 2 is 2.12 bits per heavy atom. The second-order valence-electron chi connectivity index (χ2n) is 3.87. The number of anilines is 1. The van der Waals surface area contributed by atoms with Gasteiger partial charge in [0.15, 0.2) is 0 Å². The minimum Gasteiger partial charge on any atom is -0.398 e. The molecule has 0 aliphatic rings. The maximum absolute atomic E-state index is 5.85. The molecular formula is C12H16N4. The first-order valence-corrected chi connectivity index (χ1v) is 5.42. The number of nitrogens with zero attached hydrogens (tertiary/aromatic N) is 3. The highest BCUT2D eigenvalue weighted by atomic mass is 15.2. The third-order valence-corrected chi connectivity index (χ3v) is 2.74. The van der Waals surface area contributed by atoms with Gasteiger partial charge in [-0.3, -0.25) is 9.67 Å². The largest absolute Gasteiger partial charge is 0.398 e. The first kappa shape index (κ1) is 10.7. The van der Waals surface area contributed by atoms with Crippen molar-refractivity contribution in [2.45, 2.75) is 19.3 Å². The summed E-state index contributed by atoms with van der Waals surface area (Å²) in [6.45, 7) is 0. The summed E-state index contributed by atoms with van der Waals surface area (Å²) >= 11 is 0. The van der Waals surface area contributed by atoms with Gasteiger partial charge in [0.1, 0.15) is 0 Å². The van der Waals surface area contributed by atoms with Crippen molar-refractivity contribution in [1.29, 1.82) is 0 Å². The third kappa shape index (κ3) is 2.39. The zero-order valence-corrected chi connectivity index (χ0v) is 9.43. The molecule has 4 heteroatoms. The topological polar surface area (TPSA) is 56.7 Å². The summed E-state index contributed by atoms with van der Waals surface area (Å²) in [7, 11) is 1.97. The van der Waals surface area contributed by atoms with Gasteiger partial charge in [0.2, 0.25) is 0 Å². The molecular weight excluding hydrogens is 200 g/mol. The maximum atomic E-state index is 5.85. The minimum atomic E-state index is 0.833. The molecule has 2 rings (SSSR count). The highest BCUT2D eigenvalue weighted by Crippen LogP contribution is 2.12. The van der Waals surface area contributed by atoms with E-state index in [1.54, 1.807) is 6.20 Å². The van der Waals surface area contributed by atoms with Crippen LogP contribution in [-0.4, -0.2) is 14.8 Å². The van der Waals surface area contributed by atoms with Crippen LogP contribution in [0.2, 0.25) is 0 Å². The van der Waals surface area contributed by atoms with Crippen molar-refractivity contribution in [1.82, 2.24) is 14.8 Å². The van der Waals surface area contributed by atoms with Gasteiger partial charge in [-0.1, -0.05) is 0 Å². The predicted molar refractivity (Wildman–Crippen MR) is 63.9 cm³/mol. The van der Waals surface area contributed by atoms with Crippen LogP contribution in [0.15, 0.2) is 30.7 Å². The van der Waals surface area contributed by atoms with Crippen molar-refractivity contribution < 1.29 is 0 Å². The van der Waals surface area contributed by atoms with Crippen LogP contribution in [0.3, 0.4) is 0 Å². The molecule has 4 nitrogen and oxygen atoms in total. The van der Waals surface area contributed by atoms with Gasteiger partial charge in [-0.25, -0.2) is 0 Å². The smallest absolute Gasteiger partial charge is 0.0492 e. The SMILES string of the molecule is Cn1nccc1CCCc1cnccc1N. The molecule has 84 valence electrons. The van der Waals surface area contributed by atoms with E-state index >= 15 is 0 Å². The van der Waals surface area contributed by atoms with E-state index in [2.05, 4.69) is 10.1 Å². The number of nitrogens with two attached hydrogens (primary N) is 1. The second kappa shape index (κ2) is 4.79. The number of hydrogen-bond acceptors (Lipinski definition) is 3. The highest BCUT2D eigenvalue weighted by molar-refractivity contribution is 5.44. The lowest BCUT2D eigenvalue weighted by Gasteiger charge is -2.04. The molecule has 0 amide bonds. The highest BCUT2D eigenvalue weighted by Gasteiger charge is 2.01. The molecule has 0 saturated heterocycles. The summed E-state index contributed by atoms with van der Waals surface area (Å²) in [5.74, 6) is 0. The minimum absolute atomic E-state index is 0.833. The second-order valence-corrected chi connectivity index (χ2v) is 3.87. The number of rotatable bonds is 4. The number of pyridine rings is 1. The van der Waals surface area contributed by atoms with Crippen LogP contribution in [0.1, 0.15) is 17.7 Å². The van der Waals surface area contributed by atoms with Crippen molar-refractivity contribution in [2.75, 3.05) is 5.73 Å². The first-order chi connectivity index (χ1) is 7.77. The van der Waals surface area contributed by atoms with Crippen LogP contribution in [-0.2, 0) is 19.9 Å². The maximum Gasteiger partial charge on any atom is 0.0492 e. The molecule has 0 radical (unpaired) electrons. The van der Waals surface area contributed by atoms with Gasteiger partial charge in [-0.05, 0) is 37.0 Å². The number of nitrogen functional groups attached to an aromatic ring is 1. The van der Waals surface area contributed by atoms with Crippen LogP contribution >= 0.6 is 0 Å². The Labute approximate surface area is 95.1 Å². The van der Waals surface area contributed by atoms with E-state index in [1.807, 2.05) is 36.3 Å². The zero-order chi connectivity index (χ0) is 11.4. The van der Waals surface area contributed by atoms with E-state index in [4.69, 9.17) is 5.73 Å². The Morgan fingerprint density at radius 1 is 1.25 bits per heavy atom. The molecule has 0 aliphatic heterocycles. The van der Waals surface area contributed by atoms with E-state index in [-0.39, 0.29) is 0 Å². The molecule has 0 bridgehead atoms. The van der Waals surface area contributed by atoms with E-state index in [9.17, 15) is 0 Å². The van der Waals surface area contributed by atoms with Gasteiger partial charge < -0.3 is 5.73 Å². The standard InChI is InChI=1S/C12H16N4/c1-16-11(5-8-15-16)4-2-3-10-9-14-7-6-12(10)13/h5-9H,2-4H2,1H3,(H2,13,14). The van der Waals surface area contributed by atoms with Crippen molar-refractivity contribution in [3.8, 4) is 0 Å². The summed E-state index contributed by atoms with van der Waals surface area (Å²) in [6.07, 6.45) is 8.44. The first-order valence-electron chi connectivity index (χ1n) is 5.42. The van der Waals surface area contributed by atoms with Gasteiger partial charge in [0.05, 0.1) is 0 Å². The summed E-state index contributed by atoms with van der Waals surface area (Å²) < 4.78 is 1.91. The molecule has 0 aliphatic carbocycles. The fraction of sp³-hybridized carbons (Fsp3) is 0.333. The van der Waals surface area contributed by atoms with Crippen molar-refractivity contribution in [2.24, 2.45) is 7.05 Å². The molecule has 2 heterocycles. The summed E-state index contributed by atoms with van der Waals surface area (Å²) in [5, 5.41) is 4.14. The van der Waals surface area contributed by atoms with Gasteiger partial charge >= 0.3 is 0 Å². The average molecular weight is 216 g/mol. The zero-order valence-electron chi connectivity index (χ0n) is 9.43. The Morgan fingerprint density at radius 3 is 2.81 bits per heavy atom. The molecule has 0 saturated carbocycles. The molecule has 0 atom stereocenters. The Hall–Kier alpha value is -1.84. The van der Waals surface area contributed by atoms with Crippen molar-refractivity contribution in [3.05, 3.63) is 42.0 Å². The Bertz CT molecular complexity index is 462.